The number of nitriles is 2. The molecule has 0 saturated carbocycles. The quantitative estimate of drug-likeness (QED) is 0.698. The summed E-state index contributed by atoms with van der Waals surface area (Å²) in [6.45, 7) is 0. The van der Waals surface area contributed by atoms with Crippen LogP contribution in [0.25, 0.3) is 11.1 Å². The second-order valence-corrected chi connectivity index (χ2v) is 2.82. The molecule has 4 nitrogen and oxygen atoms in total. The first-order valence-corrected chi connectivity index (χ1v) is 4.22. The SMILES string of the molecule is N#Cc1noc(C#N)c1-c1ccccc1. The summed E-state index contributed by atoms with van der Waals surface area (Å²) in [5.41, 5.74) is 1.35. The van der Waals surface area contributed by atoms with E-state index in [1.807, 2.05) is 30.3 Å². The highest BCUT2D eigenvalue weighted by Gasteiger charge is 2.16. The molecule has 0 saturated heterocycles. The molecule has 1 aromatic heterocycles. The van der Waals surface area contributed by atoms with E-state index in [1.54, 1.807) is 12.1 Å². The molecular weight excluding hydrogens is 190 g/mol. The predicted octanol–water partition coefficient (Wildman–Crippen LogP) is 2.08. The summed E-state index contributed by atoms with van der Waals surface area (Å²) < 4.78 is 4.76. The molecule has 0 unspecified atom stereocenters. The third-order valence-electron chi connectivity index (χ3n) is 1.96. The van der Waals surface area contributed by atoms with E-state index in [4.69, 9.17) is 15.0 Å². The number of hydrogen-bond donors (Lipinski definition) is 0. The number of hydrogen-bond acceptors (Lipinski definition) is 4. The standard InChI is InChI=1S/C11H5N3O/c12-6-9-11(10(7-13)15-14-9)8-4-2-1-3-5-8/h1-5H. The van der Waals surface area contributed by atoms with Gasteiger partial charge in [-0.25, -0.2) is 0 Å². The van der Waals surface area contributed by atoms with E-state index in [2.05, 4.69) is 5.16 Å². The molecular formula is C11H5N3O. The Morgan fingerprint density at radius 3 is 2.40 bits per heavy atom. The van der Waals surface area contributed by atoms with Gasteiger partial charge in [-0.05, 0) is 5.56 Å². The Morgan fingerprint density at radius 1 is 1.07 bits per heavy atom. The maximum absolute atomic E-state index is 8.81. The van der Waals surface area contributed by atoms with Crippen LogP contribution in [0.15, 0.2) is 34.9 Å². The Kier molecular flexibility index (Phi) is 2.19. The first-order chi connectivity index (χ1) is 7.36. The van der Waals surface area contributed by atoms with Gasteiger partial charge in [0.1, 0.15) is 12.1 Å². The van der Waals surface area contributed by atoms with Crippen LogP contribution in [0.5, 0.6) is 0 Å². The van der Waals surface area contributed by atoms with E-state index < -0.39 is 0 Å². The molecule has 1 heterocycles. The van der Waals surface area contributed by atoms with Gasteiger partial charge in [-0.1, -0.05) is 35.5 Å². The lowest BCUT2D eigenvalue weighted by Crippen LogP contribution is -1.82. The van der Waals surface area contributed by atoms with Gasteiger partial charge in [0.05, 0.1) is 5.56 Å². The summed E-state index contributed by atoms with van der Waals surface area (Å²) in [7, 11) is 0. The van der Waals surface area contributed by atoms with Crippen LogP contribution in [-0.2, 0) is 0 Å². The van der Waals surface area contributed by atoms with Crippen molar-refractivity contribution in [2.75, 3.05) is 0 Å². The van der Waals surface area contributed by atoms with E-state index in [9.17, 15) is 0 Å². The lowest BCUT2D eigenvalue weighted by Gasteiger charge is -1.95. The van der Waals surface area contributed by atoms with E-state index in [-0.39, 0.29) is 11.5 Å². The molecule has 0 amide bonds. The Balaban J connectivity index is 2.68. The highest BCUT2D eigenvalue weighted by Crippen LogP contribution is 2.26. The largest absolute Gasteiger partial charge is 0.343 e. The molecule has 0 N–H and O–H groups in total. The maximum Gasteiger partial charge on any atom is 0.245 e. The van der Waals surface area contributed by atoms with Crippen molar-refractivity contribution in [2.24, 2.45) is 0 Å². The van der Waals surface area contributed by atoms with Gasteiger partial charge < -0.3 is 4.52 Å². The fourth-order valence-electron chi connectivity index (χ4n) is 1.32. The van der Waals surface area contributed by atoms with Crippen molar-refractivity contribution < 1.29 is 4.52 Å². The second-order valence-electron chi connectivity index (χ2n) is 2.82. The molecule has 0 spiro atoms. The van der Waals surface area contributed by atoms with Crippen LogP contribution in [0.1, 0.15) is 11.5 Å². The van der Waals surface area contributed by atoms with Gasteiger partial charge in [-0.2, -0.15) is 10.5 Å². The maximum atomic E-state index is 8.81. The smallest absolute Gasteiger partial charge is 0.245 e. The lowest BCUT2D eigenvalue weighted by atomic mass is 10.0. The fourth-order valence-corrected chi connectivity index (χ4v) is 1.32. The molecule has 0 radical (unpaired) electrons. The summed E-state index contributed by atoms with van der Waals surface area (Å²) in [5, 5.41) is 21.1. The van der Waals surface area contributed by atoms with Crippen molar-refractivity contribution in [1.29, 1.82) is 10.5 Å². The van der Waals surface area contributed by atoms with Crippen LogP contribution in [0.2, 0.25) is 0 Å². The van der Waals surface area contributed by atoms with Crippen LogP contribution in [0, 0.1) is 22.7 Å². The normalized spacial score (nSPS) is 9.20. The van der Waals surface area contributed by atoms with Gasteiger partial charge in [-0.15, -0.1) is 0 Å². The lowest BCUT2D eigenvalue weighted by molar-refractivity contribution is 0.408. The molecule has 4 heteroatoms. The highest BCUT2D eigenvalue weighted by atomic mass is 16.5. The second kappa shape index (κ2) is 3.65. The molecule has 0 aliphatic rings. The average molecular weight is 195 g/mol. The third kappa shape index (κ3) is 1.45. The van der Waals surface area contributed by atoms with Gasteiger partial charge in [0.2, 0.25) is 5.76 Å². The molecule has 2 aromatic rings. The van der Waals surface area contributed by atoms with Crippen LogP contribution < -0.4 is 0 Å². The first-order valence-electron chi connectivity index (χ1n) is 4.22. The Bertz CT molecular complexity index is 526. The van der Waals surface area contributed by atoms with Gasteiger partial charge >= 0.3 is 0 Å². The zero-order valence-corrected chi connectivity index (χ0v) is 7.64. The van der Waals surface area contributed by atoms with Crippen molar-refractivity contribution in [3.63, 3.8) is 0 Å². The fraction of sp³-hybridized carbons (Fsp3) is 0. The zero-order valence-electron chi connectivity index (χ0n) is 7.64. The molecule has 0 fully saturated rings. The predicted molar refractivity (Wildman–Crippen MR) is 51.4 cm³/mol. The van der Waals surface area contributed by atoms with Gasteiger partial charge in [0.25, 0.3) is 0 Å². The van der Waals surface area contributed by atoms with Crippen LogP contribution in [-0.4, -0.2) is 5.16 Å². The van der Waals surface area contributed by atoms with Crippen molar-refractivity contribution in [3.8, 4) is 23.3 Å². The molecule has 0 atom stereocenters. The minimum atomic E-state index is 0.0674. The summed E-state index contributed by atoms with van der Waals surface area (Å²) in [6, 6.07) is 12.9. The van der Waals surface area contributed by atoms with Crippen LogP contribution >= 0.6 is 0 Å². The van der Waals surface area contributed by atoms with Gasteiger partial charge in [0, 0.05) is 0 Å². The summed E-state index contributed by atoms with van der Waals surface area (Å²) in [6.07, 6.45) is 0. The molecule has 15 heavy (non-hydrogen) atoms. The summed E-state index contributed by atoms with van der Waals surface area (Å²) in [5.74, 6) is 0.0674. The summed E-state index contributed by atoms with van der Waals surface area (Å²) in [4.78, 5) is 0. The zero-order chi connectivity index (χ0) is 10.7. The molecule has 2 rings (SSSR count). The monoisotopic (exact) mass is 195 g/mol. The number of aromatic nitrogens is 1. The Hall–Kier alpha value is -2.59. The van der Waals surface area contributed by atoms with Gasteiger partial charge in [0.15, 0.2) is 5.69 Å². The summed E-state index contributed by atoms with van der Waals surface area (Å²) >= 11 is 0. The molecule has 70 valence electrons. The number of rotatable bonds is 1. The minimum absolute atomic E-state index is 0.0674. The molecule has 0 aliphatic heterocycles. The van der Waals surface area contributed by atoms with E-state index in [0.29, 0.717) is 5.56 Å². The topological polar surface area (TPSA) is 73.6 Å². The van der Waals surface area contributed by atoms with Crippen molar-refractivity contribution in [1.82, 2.24) is 5.16 Å². The van der Waals surface area contributed by atoms with Crippen molar-refractivity contribution >= 4 is 0 Å². The van der Waals surface area contributed by atoms with E-state index in [0.717, 1.165) is 5.56 Å². The first kappa shape index (κ1) is 8.98. The minimum Gasteiger partial charge on any atom is -0.343 e. The average Bonchev–Trinajstić information content (AvgIpc) is 2.72. The Labute approximate surface area is 86.0 Å². The van der Waals surface area contributed by atoms with Crippen LogP contribution in [0.3, 0.4) is 0 Å². The van der Waals surface area contributed by atoms with Crippen molar-refractivity contribution in [2.45, 2.75) is 0 Å². The van der Waals surface area contributed by atoms with E-state index in [1.165, 1.54) is 0 Å². The third-order valence-corrected chi connectivity index (χ3v) is 1.96. The molecule has 0 aliphatic carbocycles. The van der Waals surface area contributed by atoms with Crippen molar-refractivity contribution in [3.05, 3.63) is 41.8 Å². The number of benzene rings is 1. The highest BCUT2D eigenvalue weighted by molar-refractivity contribution is 5.72. The number of nitrogens with zero attached hydrogens (tertiary/aromatic N) is 3. The van der Waals surface area contributed by atoms with E-state index >= 15 is 0 Å². The van der Waals surface area contributed by atoms with Gasteiger partial charge in [-0.3, -0.25) is 0 Å². The molecule has 0 bridgehead atoms. The Morgan fingerprint density at radius 2 is 1.80 bits per heavy atom. The molecule has 1 aromatic carbocycles. The van der Waals surface area contributed by atoms with Crippen LogP contribution in [0.4, 0.5) is 0 Å².